The number of hydrogen-bond donors (Lipinski definition) is 0. The van der Waals surface area contributed by atoms with Gasteiger partial charge in [0.2, 0.25) is 0 Å². The first-order chi connectivity index (χ1) is 15.9. The fourth-order valence-electron chi connectivity index (χ4n) is 3.87. The molecule has 1 unspecified atom stereocenters. The Hall–Kier alpha value is -3.51. The summed E-state index contributed by atoms with van der Waals surface area (Å²) in [6.45, 7) is 9.78. The normalized spacial score (nSPS) is 15.9. The predicted octanol–water partition coefficient (Wildman–Crippen LogP) is 4.09. The molecule has 168 valence electrons. The molecule has 4 rings (SSSR count). The van der Waals surface area contributed by atoms with Crippen molar-refractivity contribution in [2.24, 2.45) is 4.99 Å². The first-order valence-electron chi connectivity index (χ1n) is 10.9. The van der Waals surface area contributed by atoms with Gasteiger partial charge in [0.05, 0.1) is 21.8 Å². The van der Waals surface area contributed by atoms with Crippen LogP contribution in [0, 0.1) is 0 Å². The van der Waals surface area contributed by atoms with E-state index in [0.717, 1.165) is 11.1 Å². The molecule has 0 bridgehead atoms. The molecule has 2 aromatic carbocycles. The minimum Gasteiger partial charge on any atom is -0.458 e. The number of allylic oxidation sites excluding steroid dienone is 1. The third kappa shape index (κ3) is 4.52. The molecule has 5 nitrogen and oxygen atoms in total. The highest BCUT2D eigenvalue weighted by Crippen LogP contribution is 2.30. The van der Waals surface area contributed by atoms with Crippen molar-refractivity contribution in [1.29, 1.82) is 0 Å². The van der Waals surface area contributed by atoms with Gasteiger partial charge in [-0.05, 0) is 35.6 Å². The third-order valence-electron chi connectivity index (χ3n) is 5.59. The van der Waals surface area contributed by atoms with Gasteiger partial charge in [-0.3, -0.25) is 9.36 Å². The number of thiazole rings is 1. The second-order valence-electron chi connectivity index (χ2n) is 8.20. The van der Waals surface area contributed by atoms with Crippen LogP contribution in [0.1, 0.15) is 49.4 Å². The first kappa shape index (κ1) is 22.7. The van der Waals surface area contributed by atoms with Crippen molar-refractivity contribution in [2.45, 2.75) is 32.7 Å². The van der Waals surface area contributed by atoms with Crippen LogP contribution in [-0.4, -0.2) is 17.1 Å². The Balaban J connectivity index is 1.87. The zero-order valence-electron chi connectivity index (χ0n) is 18.9. The SMILES string of the molecule is C=CCOC(=O)C1=C(C)N=c2sc(=Cc3ccc(C(C)C)cc3)c(=O)n2C1c1ccccc1. The van der Waals surface area contributed by atoms with Gasteiger partial charge in [-0.1, -0.05) is 92.4 Å². The van der Waals surface area contributed by atoms with Gasteiger partial charge in [0.15, 0.2) is 4.80 Å². The Morgan fingerprint density at radius 3 is 2.52 bits per heavy atom. The lowest BCUT2D eigenvalue weighted by Gasteiger charge is -2.24. The minimum absolute atomic E-state index is 0.0912. The van der Waals surface area contributed by atoms with Gasteiger partial charge in [-0.25, -0.2) is 9.79 Å². The van der Waals surface area contributed by atoms with Crippen molar-refractivity contribution in [2.75, 3.05) is 6.61 Å². The molecule has 0 amide bonds. The van der Waals surface area contributed by atoms with Crippen molar-refractivity contribution in [3.05, 3.63) is 115 Å². The van der Waals surface area contributed by atoms with Crippen LogP contribution in [0.3, 0.4) is 0 Å². The first-order valence-corrected chi connectivity index (χ1v) is 11.7. The molecule has 0 saturated carbocycles. The summed E-state index contributed by atoms with van der Waals surface area (Å²) < 4.78 is 7.52. The summed E-state index contributed by atoms with van der Waals surface area (Å²) >= 11 is 1.33. The van der Waals surface area contributed by atoms with Gasteiger partial charge in [-0.2, -0.15) is 0 Å². The summed E-state index contributed by atoms with van der Waals surface area (Å²) in [6, 6.07) is 17.1. The van der Waals surface area contributed by atoms with Crippen LogP contribution in [0.2, 0.25) is 0 Å². The van der Waals surface area contributed by atoms with Crippen LogP contribution < -0.4 is 14.9 Å². The van der Waals surface area contributed by atoms with E-state index in [1.54, 1.807) is 11.5 Å². The number of nitrogens with zero attached hydrogens (tertiary/aromatic N) is 2. The zero-order chi connectivity index (χ0) is 23.5. The highest BCUT2D eigenvalue weighted by molar-refractivity contribution is 7.07. The minimum atomic E-state index is -0.606. The van der Waals surface area contributed by atoms with Crippen molar-refractivity contribution >= 4 is 23.4 Å². The Bertz CT molecular complexity index is 1390. The molecule has 3 aromatic rings. The Morgan fingerprint density at radius 2 is 1.88 bits per heavy atom. The number of ether oxygens (including phenoxy) is 1. The number of carbonyl (C=O) groups is 1. The summed E-state index contributed by atoms with van der Waals surface area (Å²) in [7, 11) is 0. The van der Waals surface area contributed by atoms with E-state index in [4.69, 9.17) is 4.74 Å². The number of hydrogen-bond acceptors (Lipinski definition) is 5. The molecular weight excluding hydrogens is 432 g/mol. The summed E-state index contributed by atoms with van der Waals surface area (Å²) in [4.78, 5) is 31.7. The van der Waals surface area contributed by atoms with E-state index in [0.29, 0.717) is 26.5 Å². The number of rotatable bonds is 6. The van der Waals surface area contributed by atoms with Crippen molar-refractivity contribution in [3.63, 3.8) is 0 Å². The molecule has 6 heteroatoms. The van der Waals surface area contributed by atoms with E-state index in [1.165, 1.54) is 23.0 Å². The molecular formula is C27H26N2O3S. The number of fused-ring (bicyclic) bond motifs is 1. The topological polar surface area (TPSA) is 60.7 Å². The molecule has 1 aliphatic rings. The molecule has 0 aliphatic carbocycles. The molecule has 1 atom stereocenters. The average molecular weight is 459 g/mol. The zero-order valence-corrected chi connectivity index (χ0v) is 19.8. The van der Waals surface area contributed by atoms with Crippen LogP contribution in [0.4, 0.5) is 0 Å². The van der Waals surface area contributed by atoms with E-state index in [9.17, 15) is 9.59 Å². The summed E-state index contributed by atoms with van der Waals surface area (Å²) in [6.07, 6.45) is 3.40. The predicted molar refractivity (Wildman–Crippen MR) is 132 cm³/mol. The largest absolute Gasteiger partial charge is 0.458 e. The van der Waals surface area contributed by atoms with E-state index in [-0.39, 0.29) is 12.2 Å². The lowest BCUT2D eigenvalue weighted by atomic mass is 9.96. The van der Waals surface area contributed by atoms with Gasteiger partial charge < -0.3 is 4.74 Å². The quantitative estimate of drug-likeness (QED) is 0.413. The molecule has 0 spiro atoms. The fraction of sp³-hybridized carbons (Fsp3) is 0.222. The van der Waals surface area contributed by atoms with Gasteiger partial charge in [0.25, 0.3) is 5.56 Å². The molecule has 0 fully saturated rings. The molecule has 1 aromatic heterocycles. The lowest BCUT2D eigenvalue weighted by molar-refractivity contribution is -0.138. The van der Waals surface area contributed by atoms with Crippen LogP contribution in [0.15, 0.2) is 88.3 Å². The summed E-state index contributed by atoms with van der Waals surface area (Å²) in [5.74, 6) is -0.0546. The Morgan fingerprint density at radius 1 is 1.18 bits per heavy atom. The Kier molecular flexibility index (Phi) is 6.56. The molecule has 0 radical (unpaired) electrons. The average Bonchev–Trinajstić information content (AvgIpc) is 3.11. The van der Waals surface area contributed by atoms with E-state index >= 15 is 0 Å². The van der Waals surface area contributed by atoms with Crippen LogP contribution in [0.5, 0.6) is 0 Å². The summed E-state index contributed by atoms with van der Waals surface area (Å²) in [5, 5.41) is 0. The highest BCUT2D eigenvalue weighted by Gasteiger charge is 2.33. The van der Waals surface area contributed by atoms with Crippen molar-refractivity contribution in [3.8, 4) is 0 Å². The fourth-order valence-corrected chi connectivity index (χ4v) is 4.92. The van der Waals surface area contributed by atoms with E-state index in [1.807, 2.05) is 48.5 Å². The maximum absolute atomic E-state index is 13.6. The highest BCUT2D eigenvalue weighted by atomic mass is 32.1. The monoisotopic (exact) mass is 458 g/mol. The maximum atomic E-state index is 13.6. The number of aromatic nitrogens is 1. The number of benzene rings is 2. The Labute approximate surface area is 196 Å². The van der Waals surface area contributed by atoms with Crippen LogP contribution >= 0.6 is 11.3 Å². The smallest absolute Gasteiger partial charge is 0.338 e. The second kappa shape index (κ2) is 9.55. The summed E-state index contributed by atoms with van der Waals surface area (Å²) in [5.41, 5.74) is 3.75. The van der Waals surface area contributed by atoms with Gasteiger partial charge in [0, 0.05) is 0 Å². The molecule has 0 N–H and O–H groups in total. The number of carbonyl (C=O) groups excluding carboxylic acids is 1. The third-order valence-corrected chi connectivity index (χ3v) is 6.57. The molecule has 2 heterocycles. The van der Waals surface area contributed by atoms with Crippen LogP contribution in [0.25, 0.3) is 6.08 Å². The van der Waals surface area contributed by atoms with Crippen molar-refractivity contribution < 1.29 is 9.53 Å². The lowest BCUT2D eigenvalue weighted by Crippen LogP contribution is -2.39. The number of esters is 1. The van der Waals surface area contributed by atoms with Crippen molar-refractivity contribution in [1.82, 2.24) is 4.57 Å². The van der Waals surface area contributed by atoms with Crippen LogP contribution in [-0.2, 0) is 9.53 Å². The van der Waals surface area contributed by atoms with E-state index in [2.05, 4.69) is 37.6 Å². The standard InChI is InChI=1S/C27H26N2O3S/c1-5-15-32-26(31)23-18(4)28-27-29(24(23)21-9-7-6-8-10-21)25(30)22(33-27)16-19-11-13-20(14-12-19)17(2)3/h5-14,16-17,24H,1,15H2,2-4H3. The van der Waals surface area contributed by atoms with Gasteiger partial charge >= 0.3 is 5.97 Å². The van der Waals surface area contributed by atoms with E-state index < -0.39 is 12.0 Å². The van der Waals surface area contributed by atoms with Gasteiger partial charge in [0.1, 0.15) is 6.61 Å². The molecule has 33 heavy (non-hydrogen) atoms. The molecule has 1 aliphatic heterocycles. The second-order valence-corrected chi connectivity index (χ2v) is 9.21. The van der Waals surface area contributed by atoms with Gasteiger partial charge in [-0.15, -0.1) is 0 Å². The molecule has 0 saturated heterocycles. The maximum Gasteiger partial charge on any atom is 0.338 e.